The number of aliphatic hydroxyl groups excluding tert-OH is 1. The molecule has 0 saturated carbocycles. The molecule has 5 heteroatoms. The van der Waals surface area contributed by atoms with E-state index < -0.39 is 0 Å². The lowest BCUT2D eigenvalue weighted by molar-refractivity contribution is 0.159. The van der Waals surface area contributed by atoms with Crippen LogP contribution in [0.4, 0.5) is 16.2 Å². The standard InChI is InChI=1S/C28H31N3O2/c32-24-16-14-21-10-6-11-26(25(21)17-24)30-28(33)29-18-23-15-13-22-9-4-5-12-27(22)31(23)19-20-7-2-1-3-8-20/h1-12,23-24,32H,13-19H2,(H2,29,30,33). The number of fused-ring (bicyclic) bond motifs is 2. The molecule has 3 aromatic carbocycles. The third-order valence-corrected chi connectivity index (χ3v) is 6.89. The molecule has 0 radical (unpaired) electrons. The fourth-order valence-electron chi connectivity index (χ4n) is 5.15. The topological polar surface area (TPSA) is 64.6 Å². The summed E-state index contributed by atoms with van der Waals surface area (Å²) in [7, 11) is 0. The van der Waals surface area contributed by atoms with Crippen molar-refractivity contribution in [3.05, 3.63) is 95.1 Å². The van der Waals surface area contributed by atoms with E-state index in [0.29, 0.717) is 13.0 Å². The van der Waals surface area contributed by atoms with Gasteiger partial charge in [0.05, 0.1) is 6.10 Å². The zero-order valence-electron chi connectivity index (χ0n) is 18.8. The molecule has 2 aliphatic rings. The van der Waals surface area contributed by atoms with Crippen LogP contribution in [0.25, 0.3) is 0 Å². The van der Waals surface area contributed by atoms with E-state index in [2.05, 4.69) is 70.1 Å². The molecule has 33 heavy (non-hydrogen) atoms. The molecule has 3 aromatic rings. The maximum atomic E-state index is 12.8. The highest BCUT2D eigenvalue weighted by molar-refractivity contribution is 5.90. The van der Waals surface area contributed by atoms with Crippen LogP contribution in [0.2, 0.25) is 0 Å². The smallest absolute Gasteiger partial charge is 0.319 e. The molecule has 3 N–H and O–H groups in total. The molecule has 2 unspecified atom stereocenters. The van der Waals surface area contributed by atoms with E-state index in [0.717, 1.165) is 43.5 Å². The summed E-state index contributed by atoms with van der Waals surface area (Å²) in [6, 6.07) is 25.1. The van der Waals surface area contributed by atoms with Crippen molar-refractivity contribution in [2.45, 2.75) is 50.8 Å². The highest BCUT2D eigenvalue weighted by atomic mass is 16.3. The number of nitrogens with one attached hydrogen (secondary N) is 2. The van der Waals surface area contributed by atoms with Crippen molar-refractivity contribution < 1.29 is 9.90 Å². The van der Waals surface area contributed by atoms with Crippen molar-refractivity contribution in [3.8, 4) is 0 Å². The van der Waals surface area contributed by atoms with E-state index in [1.54, 1.807) is 0 Å². The lowest BCUT2D eigenvalue weighted by Gasteiger charge is -2.39. The van der Waals surface area contributed by atoms with Crippen molar-refractivity contribution in [1.82, 2.24) is 5.32 Å². The molecule has 1 heterocycles. The second-order valence-corrected chi connectivity index (χ2v) is 9.11. The van der Waals surface area contributed by atoms with Crippen molar-refractivity contribution in [2.24, 2.45) is 0 Å². The van der Waals surface area contributed by atoms with Gasteiger partial charge in [-0.15, -0.1) is 0 Å². The minimum atomic E-state index is -0.336. The summed E-state index contributed by atoms with van der Waals surface area (Å²) < 4.78 is 0. The number of anilines is 2. The number of aliphatic hydroxyl groups is 1. The maximum absolute atomic E-state index is 12.8. The molecule has 1 aliphatic carbocycles. The second-order valence-electron chi connectivity index (χ2n) is 9.11. The summed E-state index contributed by atoms with van der Waals surface area (Å²) in [5, 5.41) is 16.2. The number of amides is 2. The number of benzene rings is 3. The van der Waals surface area contributed by atoms with Crippen molar-refractivity contribution in [2.75, 3.05) is 16.8 Å². The van der Waals surface area contributed by atoms with Gasteiger partial charge in [0.15, 0.2) is 0 Å². The van der Waals surface area contributed by atoms with Crippen LogP contribution < -0.4 is 15.5 Å². The highest BCUT2D eigenvalue weighted by Gasteiger charge is 2.27. The van der Waals surface area contributed by atoms with Crippen molar-refractivity contribution >= 4 is 17.4 Å². The van der Waals surface area contributed by atoms with Gasteiger partial charge in [-0.05, 0) is 60.1 Å². The average molecular weight is 442 g/mol. The van der Waals surface area contributed by atoms with E-state index >= 15 is 0 Å². The molecule has 170 valence electrons. The number of nitrogens with zero attached hydrogens (tertiary/aromatic N) is 1. The lowest BCUT2D eigenvalue weighted by Crippen LogP contribution is -2.47. The number of hydrogen-bond donors (Lipinski definition) is 3. The van der Waals surface area contributed by atoms with Gasteiger partial charge < -0.3 is 20.6 Å². The van der Waals surface area contributed by atoms with Crippen LogP contribution in [0.3, 0.4) is 0 Å². The Bertz CT molecular complexity index is 1120. The summed E-state index contributed by atoms with van der Waals surface area (Å²) in [6.07, 6.45) is 3.90. The largest absolute Gasteiger partial charge is 0.393 e. The first-order chi connectivity index (χ1) is 16.2. The SMILES string of the molecule is O=C(NCC1CCc2ccccc2N1Cc1ccccc1)Nc1cccc2c1CC(O)CC2. The molecule has 0 fully saturated rings. The van der Waals surface area contributed by atoms with Crippen LogP contribution in [-0.2, 0) is 25.8 Å². The molecule has 0 spiro atoms. The van der Waals surface area contributed by atoms with Crippen molar-refractivity contribution in [1.29, 1.82) is 0 Å². The summed E-state index contributed by atoms with van der Waals surface area (Å²) in [5.74, 6) is 0. The van der Waals surface area contributed by atoms with Crippen molar-refractivity contribution in [3.63, 3.8) is 0 Å². The van der Waals surface area contributed by atoms with Gasteiger partial charge in [-0.25, -0.2) is 4.79 Å². The first-order valence-electron chi connectivity index (χ1n) is 11.9. The monoisotopic (exact) mass is 441 g/mol. The normalized spacial score (nSPS) is 19.4. The number of hydrogen-bond acceptors (Lipinski definition) is 3. The Balaban J connectivity index is 1.28. The number of carbonyl (C=O) groups is 1. The van der Waals surface area contributed by atoms with Gasteiger partial charge in [0.2, 0.25) is 0 Å². The Morgan fingerprint density at radius 1 is 0.909 bits per heavy atom. The molecule has 2 amide bonds. The van der Waals surface area contributed by atoms with Crippen LogP contribution in [-0.4, -0.2) is 29.8 Å². The third-order valence-electron chi connectivity index (χ3n) is 6.89. The van der Waals surface area contributed by atoms with Crippen LogP contribution in [0.5, 0.6) is 0 Å². The van der Waals surface area contributed by atoms with Crippen LogP contribution in [0, 0.1) is 0 Å². The first-order valence-corrected chi connectivity index (χ1v) is 11.9. The van der Waals surface area contributed by atoms with Gasteiger partial charge in [-0.2, -0.15) is 0 Å². The van der Waals surface area contributed by atoms with E-state index in [1.807, 2.05) is 18.2 Å². The number of urea groups is 1. The Morgan fingerprint density at radius 2 is 1.67 bits per heavy atom. The van der Waals surface area contributed by atoms with Gasteiger partial charge in [0, 0.05) is 36.9 Å². The molecule has 5 nitrogen and oxygen atoms in total. The molecule has 1 aliphatic heterocycles. The Hall–Kier alpha value is -3.31. The number of carbonyl (C=O) groups excluding carboxylic acids is 1. The zero-order valence-corrected chi connectivity index (χ0v) is 18.8. The van der Waals surface area contributed by atoms with Gasteiger partial charge in [0.1, 0.15) is 0 Å². The summed E-state index contributed by atoms with van der Waals surface area (Å²) in [5.41, 5.74) is 6.96. The van der Waals surface area contributed by atoms with Gasteiger partial charge in [-0.3, -0.25) is 0 Å². The van der Waals surface area contributed by atoms with E-state index in [9.17, 15) is 9.90 Å². The van der Waals surface area contributed by atoms with Crippen LogP contribution in [0.15, 0.2) is 72.8 Å². The summed E-state index contributed by atoms with van der Waals surface area (Å²) >= 11 is 0. The average Bonchev–Trinajstić information content (AvgIpc) is 2.84. The van der Waals surface area contributed by atoms with Crippen LogP contribution in [0.1, 0.15) is 35.1 Å². The number of rotatable bonds is 5. The van der Waals surface area contributed by atoms with E-state index in [4.69, 9.17) is 0 Å². The molecule has 2 atom stereocenters. The van der Waals surface area contributed by atoms with Crippen LogP contribution >= 0.6 is 0 Å². The molecule has 5 rings (SSSR count). The van der Waals surface area contributed by atoms with Gasteiger partial charge in [-0.1, -0.05) is 60.7 Å². The number of para-hydroxylation sites is 1. The first kappa shape index (κ1) is 21.5. The predicted octanol–water partition coefficient (Wildman–Crippen LogP) is 4.68. The Labute approximate surface area is 195 Å². The highest BCUT2D eigenvalue weighted by Crippen LogP contribution is 2.32. The summed E-state index contributed by atoms with van der Waals surface area (Å²) in [4.78, 5) is 15.3. The summed E-state index contributed by atoms with van der Waals surface area (Å²) in [6.45, 7) is 1.39. The minimum absolute atomic E-state index is 0.193. The maximum Gasteiger partial charge on any atom is 0.319 e. The molecular weight excluding hydrogens is 410 g/mol. The Morgan fingerprint density at radius 3 is 2.55 bits per heavy atom. The fourth-order valence-corrected chi connectivity index (χ4v) is 5.15. The van der Waals surface area contributed by atoms with Gasteiger partial charge >= 0.3 is 6.03 Å². The molecule has 0 saturated heterocycles. The second kappa shape index (κ2) is 9.67. The third kappa shape index (κ3) is 4.88. The Kier molecular flexibility index (Phi) is 6.31. The minimum Gasteiger partial charge on any atom is -0.393 e. The molecule has 0 bridgehead atoms. The quantitative estimate of drug-likeness (QED) is 0.539. The van der Waals surface area contributed by atoms with E-state index in [1.165, 1.54) is 22.4 Å². The zero-order chi connectivity index (χ0) is 22.6. The number of aryl methyl sites for hydroxylation is 2. The molecule has 0 aromatic heterocycles. The van der Waals surface area contributed by atoms with Gasteiger partial charge in [0.25, 0.3) is 0 Å². The lowest BCUT2D eigenvalue weighted by atomic mass is 9.88. The predicted molar refractivity (Wildman–Crippen MR) is 133 cm³/mol. The fraction of sp³-hybridized carbons (Fsp3) is 0.321. The van der Waals surface area contributed by atoms with E-state index in [-0.39, 0.29) is 18.2 Å². The molecular formula is C28H31N3O2.